The summed E-state index contributed by atoms with van der Waals surface area (Å²) in [5.41, 5.74) is 1.89. The van der Waals surface area contributed by atoms with E-state index in [1.807, 2.05) is 29.3 Å². The number of amides is 1. The molecule has 1 fully saturated rings. The quantitative estimate of drug-likeness (QED) is 0.867. The number of carbonyl (C=O) groups excluding carboxylic acids is 1. The van der Waals surface area contributed by atoms with Gasteiger partial charge in [0.15, 0.2) is 0 Å². The van der Waals surface area contributed by atoms with Crippen LogP contribution < -0.4 is 0 Å². The van der Waals surface area contributed by atoms with E-state index in [0.717, 1.165) is 42.6 Å². The first kappa shape index (κ1) is 16.0. The minimum Gasteiger partial charge on any atom is -0.383 e. The van der Waals surface area contributed by atoms with Crippen molar-refractivity contribution in [3.8, 4) is 0 Å². The fourth-order valence-electron chi connectivity index (χ4n) is 3.39. The summed E-state index contributed by atoms with van der Waals surface area (Å²) in [7, 11) is 3.80. The molecule has 3 rings (SSSR count). The zero-order chi connectivity index (χ0) is 16.4. The molecular weight excluding hydrogens is 290 g/mol. The van der Waals surface area contributed by atoms with E-state index in [4.69, 9.17) is 4.74 Å². The fourth-order valence-corrected chi connectivity index (χ4v) is 3.39. The summed E-state index contributed by atoms with van der Waals surface area (Å²) in [5.74, 6) is 0.137. The summed E-state index contributed by atoms with van der Waals surface area (Å²) in [5, 5.41) is 1.03. The van der Waals surface area contributed by atoms with Gasteiger partial charge in [-0.05, 0) is 20.0 Å². The highest BCUT2D eigenvalue weighted by Gasteiger charge is 2.28. The Morgan fingerprint density at radius 2 is 2.09 bits per heavy atom. The second kappa shape index (κ2) is 6.72. The van der Waals surface area contributed by atoms with Crippen LogP contribution in [-0.4, -0.2) is 66.7 Å². The summed E-state index contributed by atoms with van der Waals surface area (Å²) in [6.07, 6.45) is 1.98. The highest BCUT2D eigenvalue weighted by Crippen LogP contribution is 2.24. The Morgan fingerprint density at radius 1 is 1.30 bits per heavy atom. The van der Waals surface area contributed by atoms with E-state index in [1.165, 1.54) is 0 Å². The molecule has 2 aromatic rings. The maximum absolute atomic E-state index is 13.1. The summed E-state index contributed by atoms with van der Waals surface area (Å²) >= 11 is 0. The maximum Gasteiger partial charge on any atom is 0.256 e. The van der Waals surface area contributed by atoms with E-state index in [-0.39, 0.29) is 11.9 Å². The molecule has 1 saturated heterocycles. The van der Waals surface area contributed by atoms with Gasteiger partial charge in [0.2, 0.25) is 0 Å². The normalized spacial score (nSPS) is 19.4. The third-order valence-corrected chi connectivity index (χ3v) is 4.65. The third kappa shape index (κ3) is 3.12. The van der Waals surface area contributed by atoms with Gasteiger partial charge in [-0.25, -0.2) is 0 Å². The molecule has 0 radical (unpaired) electrons. The molecule has 124 valence electrons. The number of hydrogen-bond acceptors (Lipinski definition) is 3. The van der Waals surface area contributed by atoms with Gasteiger partial charge in [-0.15, -0.1) is 0 Å². The summed E-state index contributed by atoms with van der Waals surface area (Å²) in [6, 6.07) is 8.34. The van der Waals surface area contributed by atoms with Crippen molar-refractivity contribution in [1.82, 2.24) is 14.4 Å². The first-order valence-electron chi connectivity index (χ1n) is 8.18. The number of benzene rings is 1. The van der Waals surface area contributed by atoms with Gasteiger partial charge in [-0.2, -0.15) is 0 Å². The molecule has 0 aliphatic carbocycles. The van der Waals surface area contributed by atoms with Crippen molar-refractivity contribution >= 4 is 16.8 Å². The molecule has 1 aliphatic heterocycles. The highest BCUT2D eigenvalue weighted by atomic mass is 16.5. The largest absolute Gasteiger partial charge is 0.383 e. The van der Waals surface area contributed by atoms with Crippen molar-refractivity contribution in [2.75, 3.05) is 40.4 Å². The minimum absolute atomic E-state index is 0.137. The maximum atomic E-state index is 13.1. The predicted molar refractivity (Wildman–Crippen MR) is 91.8 cm³/mol. The van der Waals surface area contributed by atoms with Crippen molar-refractivity contribution in [2.45, 2.75) is 19.5 Å². The van der Waals surface area contributed by atoms with Gasteiger partial charge < -0.3 is 19.1 Å². The second-order valence-electron chi connectivity index (χ2n) is 6.36. The third-order valence-electron chi connectivity index (χ3n) is 4.65. The Balaban J connectivity index is 1.94. The van der Waals surface area contributed by atoms with Crippen LogP contribution in [0.2, 0.25) is 0 Å². The summed E-state index contributed by atoms with van der Waals surface area (Å²) < 4.78 is 7.31. The van der Waals surface area contributed by atoms with E-state index in [0.29, 0.717) is 6.61 Å². The summed E-state index contributed by atoms with van der Waals surface area (Å²) in [4.78, 5) is 17.4. The van der Waals surface area contributed by atoms with Crippen molar-refractivity contribution in [1.29, 1.82) is 0 Å². The molecule has 0 unspecified atom stereocenters. The Hall–Kier alpha value is -1.85. The SMILES string of the molecule is COCCn1cc(C(=O)N2CCN(C)C[C@@H]2C)c2ccccc21. The van der Waals surface area contributed by atoms with E-state index in [9.17, 15) is 4.79 Å². The molecule has 23 heavy (non-hydrogen) atoms. The van der Waals surface area contributed by atoms with Crippen molar-refractivity contribution < 1.29 is 9.53 Å². The van der Waals surface area contributed by atoms with Crippen LogP contribution in [0.4, 0.5) is 0 Å². The lowest BCUT2D eigenvalue weighted by atomic mass is 10.1. The van der Waals surface area contributed by atoms with Crippen LogP contribution in [-0.2, 0) is 11.3 Å². The molecule has 1 aliphatic rings. The van der Waals surface area contributed by atoms with Gasteiger partial charge in [-0.1, -0.05) is 18.2 Å². The first-order chi connectivity index (χ1) is 11.1. The number of rotatable bonds is 4. The number of ether oxygens (including phenoxy) is 1. The molecule has 2 heterocycles. The molecule has 1 amide bonds. The minimum atomic E-state index is 0.137. The predicted octanol–water partition coefficient (Wildman–Crippen LogP) is 2.06. The van der Waals surface area contributed by atoms with Crippen LogP contribution in [0.1, 0.15) is 17.3 Å². The Morgan fingerprint density at radius 3 is 2.83 bits per heavy atom. The van der Waals surface area contributed by atoms with Crippen molar-refractivity contribution in [3.63, 3.8) is 0 Å². The molecule has 0 saturated carbocycles. The van der Waals surface area contributed by atoms with E-state index in [2.05, 4.69) is 29.5 Å². The van der Waals surface area contributed by atoms with Crippen LogP contribution in [0.5, 0.6) is 0 Å². The van der Waals surface area contributed by atoms with Crippen molar-refractivity contribution in [2.24, 2.45) is 0 Å². The Labute approximate surface area is 137 Å². The molecule has 5 heteroatoms. The zero-order valence-electron chi connectivity index (χ0n) is 14.2. The molecule has 0 N–H and O–H groups in total. The number of hydrogen-bond donors (Lipinski definition) is 0. The topological polar surface area (TPSA) is 37.7 Å². The van der Waals surface area contributed by atoms with Crippen LogP contribution in [0.25, 0.3) is 10.9 Å². The van der Waals surface area contributed by atoms with Gasteiger partial charge in [0, 0.05) is 56.4 Å². The molecular formula is C18H25N3O2. The molecule has 1 aromatic carbocycles. The molecule has 0 spiro atoms. The van der Waals surface area contributed by atoms with Gasteiger partial charge in [0.25, 0.3) is 5.91 Å². The van der Waals surface area contributed by atoms with E-state index < -0.39 is 0 Å². The number of carbonyl (C=O) groups is 1. The number of fused-ring (bicyclic) bond motifs is 1. The monoisotopic (exact) mass is 315 g/mol. The van der Waals surface area contributed by atoms with Crippen molar-refractivity contribution in [3.05, 3.63) is 36.0 Å². The number of aromatic nitrogens is 1. The Bertz CT molecular complexity index is 695. The van der Waals surface area contributed by atoms with Gasteiger partial charge in [0.1, 0.15) is 0 Å². The lowest BCUT2D eigenvalue weighted by molar-refractivity contribution is 0.0535. The molecule has 5 nitrogen and oxygen atoms in total. The molecule has 0 bridgehead atoms. The van der Waals surface area contributed by atoms with Gasteiger partial charge in [-0.3, -0.25) is 4.79 Å². The number of nitrogens with zero attached hydrogens (tertiary/aromatic N) is 3. The Kier molecular flexibility index (Phi) is 4.68. The van der Waals surface area contributed by atoms with E-state index in [1.54, 1.807) is 7.11 Å². The highest BCUT2D eigenvalue weighted by molar-refractivity contribution is 6.07. The van der Waals surface area contributed by atoms with Gasteiger partial charge >= 0.3 is 0 Å². The number of para-hydroxylation sites is 1. The molecule has 1 aromatic heterocycles. The molecule has 1 atom stereocenters. The van der Waals surface area contributed by atoms with Gasteiger partial charge in [0.05, 0.1) is 12.2 Å². The smallest absolute Gasteiger partial charge is 0.256 e. The lowest BCUT2D eigenvalue weighted by Crippen LogP contribution is -2.52. The number of piperazine rings is 1. The summed E-state index contributed by atoms with van der Waals surface area (Å²) in [6.45, 7) is 6.15. The van der Waals surface area contributed by atoms with Crippen LogP contribution in [0.15, 0.2) is 30.5 Å². The fraction of sp³-hybridized carbons (Fsp3) is 0.500. The number of methoxy groups -OCH3 is 1. The average Bonchev–Trinajstić information content (AvgIpc) is 2.91. The van der Waals surface area contributed by atoms with Crippen LogP contribution >= 0.6 is 0 Å². The van der Waals surface area contributed by atoms with Crippen LogP contribution in [0, 0.1) is 0 Å². The van der Waals surface area contributed by atoms with E-state index >= 15 is 0 Å². The second-order valence-corrected chi connectivity index (χ2v) is 6.36. The number of likely N-dealkylation sites (N-methyl/N-ethyl adjacent to an activating group) is 1. The average molecular weight is 315 g/mol. The lowest BCUT2D eigenvalue weighted by Gasteiger charge is -2.38. The van der Waals surface area contributed by atoms with Crippen LogP contribution in [0.3, 0.4) is 0 Å². The first-order valence-corrected chi connectivity index (χ1v) is 8.18. The zero-order valence-corrected chi connectivity index (χ0v) is 14.2. The standard InChI is InChI=1S/C18H25N3O2/c1-14-12-19(2)8-9-21(14)18(22)16-13-20(10-11-23-3)17-7-5-4-6-15(16)17/h4-7,13-14H,8-12H2,1-3H3/t14-/m0/s1.